The van der Waals surface area contributed by atoms with Gasteiger partial charge in [-0.1, -0.05) is 110 Å². The summed E-state index contributed by atoms with van der Waals surface area (Å²) < 4.78 is 17.1. The third kappa shape index (κ3) is 4.60. The van der Waals surface area contributed by atoms with Crippen molar-refractivity contribution >= 4 is 40.9 Å². The molecule has 2 bridgehead atoms. The van der Waals surface area contributed by atoms with Crippen molar-refractivity contribution in [2.24, 2.45) is 5.41 Å². The molecular formula is C35H36NOPS. The summed E-state index contributed by atoms with van der Waals surface area (Å²) in [6.45, 7) is 10.9. The van der Waals surface area contributed by atoms with Gasteiger partial charge in [-0.2, -0.15) is 0 Å². The van der Waals surface area contributed by atoms with Crippen LogP contribution < -0.4 is 4.72 Å². The summed E-state index contributed by atoms with van der Waals surface area (Å²) in [6, 6.07) is 36.9. The van der Waals surface area contributed by atoms with Gasteiger partial charge in [-0.15, -0.1) is 4.72 Å². The molecule has 2 heterocycles. The Balaban J connectivity index is 1.60. The third-order valence-electron chi connectivity index (χ3n) is 8.30. The molecule has 0 radical (unpaired) electrons. The molecule has 1 N–H and O–H groups in total. The van der Waals surface area contributed by atoms with E-state index in [1.165, 1.54) is 49.2 Å². The van der Waals surface area contributed by atoms with Crippen molar-refractivity contribution in [2.75, 3.05) is 6.16 Å². The van der Waals surface area contributed by atoms with Crippen LogP contribution >= 0.6 is 7.92 Å². The topological polar surface area (TPSA) is 35.1 Å². The number of fused-ring (bicyclic) bond motifs is 3. The second kappa shape index (κ2) is 10.1. The second-order valence-corrected chi connectivity index (χ2v) is 16.0. The average molecular weight is 550 g/mol. The van der Waals surface area contributed by atoms with E-state index < -0.39 is 19.3 Å². The highest BCUT2D eigenvalue weighted by Gasteiger charge is 2.54. The van der Waals surface area contributed by atoms with Gasteiger partial charge in [-0.3, -0.25) is 0 Å². The molecule has 39 heavy (non-hydrogen) atoms. The molecule has 0 saturated carbocycles. The highest BCUT2D eigenvalue weighted by atomic mass is 32.2. The number of benzene rings is 4. The maximum atomic E-state index is 13.8. The van der Waals surface area contributed by atoms with E-state index in [9.17, 15) is 4.55 Å². The zero-order valence-electron chi connectivity index (χ0n) is 23.4. The maximum absolute atomic E-state index is 13.8. The molecule has 0 amide bonds. The number of hydrogen-bond donors (Lipinski definition) is 1. The highest BCUT2D eigenvalue weighted by molar-refractivity contribution is 7.90. The van der Waals surface area contributed by atoms with Crippen LogP contribution in [0.2, 0.25) is 0 Å². The Bertz CT molecular complexity index is 1590. The van der Waals surface area contributed by atoms with Crippen molar-refractivity contribution in [2.45, 2.75) is 45.4 Å². The maximum Gasteiger partial charge on any atom is 0.136 e. The van der Waals surface area contributed by atoms with Crippen LogP contribution in [0.1, 0.15) is 57.4 Å². The van der Waals surface area contributed by atoms with Crippen LogP contribution in [0.3, 0.4) is 0 Å². The van der Waals surface area contributed by atoms with Gasteiger partial charge < -0.3 is 4.55 Å². The summed E-state index contributed by atoms with van der Waals surface area (Å²) in [5.41, 5.74) is 6.62. The Morgan fingerprint density at radius 1 is 0.821 bits per heavy atom. The normalized spacial score (nSPS) is 22.6. The highest BCUT2D eigenvalue weighted by Crippen LogP contribution is 2.79. The van der Waals surface area contributed by atoms with E-state index in [0.29, 0.717) is 0 Å². The Labute approximate surface area is 237 Å². The van der Waals surface area contributed by atoms with Gasteiger partial charge >= 0.3 is 0 Å². The molecule has 198 valence electrons. The lowest BCUT2D eigenvalue weighted by Gasteiger charge is -2.36. The van der Waals surface area contributed by atoms with Gasteiger partial charge in [-0.05, 0) is 91.5 Å². The Morgan fingerprint density at radius 3 is 2.05 bits per heavy atom. The van der Waals surface area contributed by atoms with E-state index in [4.69, 9.17) is 0 Å². The summed E-state index contributed by atoms with van der Waals surface area (Å²) in [5, 5.41) is 5.36. The van der Waals surface area contributed by atoms with Crippen molar-refractivity contribution in [3.05, 3.63) is 131 Å². The van der Waals surface area contributed by atoms with Crippen molar-refractivity contribution in [1.29, 1.82) is 0 Å². The fourth-order valence-corrected chi connectivity index (χ4v) is 10.9. The van der Waals surface area contributed by atoms with Crippen LogP contribution in [-0.2, 0) is 11.4 Å². The van der Waals surface area contributed by atoms with Gasteiger partial charge in [0, 0.05) is 16.8 Å². The molecule has 1 unspecified atom stereocenters. The molecule has 0 fully saturated rings. The molecule has 0 saturated heterocycles. The molecule has 4 heteroatoms. The minimum atomic E-state index is -1.24. The van der Waals surface area contributed by atoms with Crippen molar-refractivity contribution in [3.63, 3.8) is 0 Å². The first-order valence-corrected chi connectivity index (χ1v) is 16.4. The van der Waals surface area contributed by atoms with Gasteiger partial charge in [0.2, 0.25) is 0 Å². The molecule has 4 atom stereocenters. The van der Waals surface area contributed by atoms with E-state index in [-0.39, 0.29) is 16.2 Å². The number of nitrogens with one attached hydrogen (secondary N) is 1. The molecule has 2 aliphatic heterocycles. The quantitative estimate of drug-likeness (QED) is 0.192. The Morgan fingerprint density at radius 2 is 1.41 bits per heavy atom. The summed E-state index contributed by atoms with van der Waals surface area (Å²) in [7, 11) is -0.633. The summed E-state index contributed by atoms with van der Waals surface area (Å²) >= 11 is -1.24. The lowest BCUT2D eigenvalue weighted by atomic mass is 9.73. The molecule has 0 aromatic heterocycles. The van der Waals surface area contributed by atoms with E-state index in [2.05, 4.69) is 122 Å². The minimum Gasteiger partial charge on any atom is -0.598 e. The molecular weight excluding hydrogens is 513 g/mol. The van der Waals surface area contributed by atoms with Crippen LogP contribution in [-0.4, -0.2) is 15.5 Å². The molecule has 2 aliphatic rings. The first-order chi connectivity index (χ1) is 18.7. The monoisotopic (exact) mass is 549 g/mol. The summed E-state index contributed by atoms with van der Waals surface area (Å²) in [5.74, 6) is 0. The second-order valence-electron chi connectivity index (χ2n) is 11.9. The van der Waals surface area contributed by atoms with Crippen molar-refractivity contribution in [1.82, 2.24) is 4.72 Å². The zero-order chi connectivity index (χ0) is 27.4. The lowest BCUT2D eigenvalue weighted by Crippen LogP contribution is -2.41. The van der Waals surface area contributed by atoms with Crippen molar-refractivity contribution < 1.29 is 4.55 Å². The van der Waals surface area contributed by atoms with Crippen LogP contribution in [0.25, 0.3) is 21.7 Å². The van der Waals surface area contributed by atoms with Gasteiger partial charge in [0.1, 0.15) is 10.8 Å². The molecule has 4 aromatic carbocycles. The van der Waals surface area contributed by atoms with E-state index in [0.717, 1.165) is 6.16 Å². The number of allylic oxidation sites excluding steroid dienone is 2. The Kier molecular flexibility index (Phi) is 6.84. The summed E-state index contributed by atoms with van der Waals surface area (Å²) in [6.07, 6.45) is 1.10. The van der Waals surface area contributed by atoms with Crippen LogP contribution in [0, 0.1) is 5.41 Å². The van der Waals surface area contributed by atoms with Gasteiger partial charge in [0.15, 0.2) is 0 Å². The zero-order valence-corrected chi connectivity index (χ0v) is 25.1. The van der Waals surface area contributed by atoms with Crippen molar-refractivity contribution in [3.8, 4) is 0 Å². The fraction of sp³-hybridized carbons (Fsp3) is 0.257. The van der Waals surface area contributed by atoms with E-state index in [1.807, 2.05) is 20.8 Å². The summed E-state index contributed by atoms with van der Waals surface area (Å²) in [4.78, 5) is 0. The predicted octanol–water partition coefficient (Wildman–Crippen LogP) is 9.29. The van der Waals surface area contributed by atoms with E-state index in [1.54, 1.807) is 0 Å². The van der Waals surface area contributed by atoms with E-state index >= 15 is 0 Å². The first-order valence-electron chi connectivity index (χ1n) is 13.7. The molecule has 4 aromatic rings. The average Bonchev–Trinajstić information content (AvgIpc) is 3.39. The standard InChI is InChI=1S/C35H36NOPS/c1-24-32(27-17-10-7-11-18-27)38-23-35(24,5)30(26-15-8-6-9-16-26)33(38)31(36-39(37)34(2,3)4)29-21-20-25-14-12-13-19-28(25)22-29/h6-22,31,36H,23H2,1-5H3/t31-,35-,38+,39?/m0/s1. The molecule has 6 rings (SSSR count). The van der Waals surface area contributed by atoms with Crippen LogP contribution in [0.4, 0.5) is 0 Å². The smallest absolute Gasteiger partial charge is 0.136 e. The minimum absolute atomic E-state index is 0.0619. The van der Waals surface area contributed by atoms with Crippen LogP contribution in [0.15, 0.2) is 114 Å². The SMILES string of the molecule is CC1=C(c2ccccc2)[P@@]2C[C@]1(C)C(c1ccccc1)=C2[C@@H](N[S+]([O-])C(C)(C)C)c1ccc2ccccc2c1. The Hall–Kier alpha value is -2.68. The molecule has 0 spiro atoms. The van der Waals surface area contributed by atoms with Crippen LogP contribution in [0.5, 0.6) is 0 Å². The van der Waals surface area contributed by atoms with Gasteiger partial charge in [0.25, 0.3) is 0 Å². The number of rotatable bonds is 6. The number of hydrogen-bond acceptors (Lipinski definition) is 2. The molecule has 0 aliphatic carbocycles. The first kappa shape index (κ1) is 26.5. The molecule has 2 nitrogen and oxygen atoms in total. The fourth-order valence-electron chi connectivity index (χ4n) is 6.16. The largest absolute Gasteiger partial charge is 0.598 e. The van der Waals surface area contributed by atoms with Gasteiger partial charge in [0.05, 0.1) is 0 Å². The third-order valence-corrected chi connectivity index (χ3v) is 13.0. The predicted molar refractivity (Wildman–Crippen MR) is 170 cm³/mol. The lowest BCUT2D eigenvalue weighted by molar-refractivity contribution is 0.536. The van der Waals surface area contributed by atoms with Gasteiger partial charge in [-0.25, -0.2) is 0 Å².